The molecule has 2 aromatic rings. The molecule has 3 rings (SSSR count). The van der Waals surface area contributed by atoms with Gasteiger partial charge in [0, 0.05) is 6.20 Å². The van der Waals surface area contributed by atoms with Crippen LogP contribution in [0.2, 0.25) is 0 Å². The number of alkyl halides is 1. The van der Waals surface area contributed by atoms with E-state index in [1.807, 2.05) is 24.3 Å². The molecule has 1 heterocycles. The van der Waals surface area contributed by atoms with E-state index < -0.39 is 0 Å². The van der Waals surface area contributed by atoms with E-state index in [2.05, 4.69) is 10.3 Å². The highest BCUT2D eigenvalue weighted by Crippen LogP contribution is 2.35. The molecule has 2 atom stereocenters. The lowest BCUT2D eigenvalue weighted by Gasteiger charge is -2.18. The number of aromatic nitrogens is 1. The number of carbonyl (C=O) groups excluding carboxylic acids is 1. The number of fused-ring (bicyclic) bond motifs is 1. The molecule has 1 N–H and O–H groups in total. The number of rotatable bonds is 3. The molecule has 1 aromatic heterocycles. The van der Waals surface area contributed by atoms with E-state index >= 15 is 0 Å². The van der Waals surface area contributed by atoms with Crippen LogP contribution in [-0.4, -0.2) is 23.4 Å². The first-order valence-corrected chi connectivity index (χ1v) is 7.15. The third-order valence-electron chi connectivity index (χ3n) is 3.70. The average Bonchev–Trinajstić information content (AvgIpc) is 2.83. The summed E-state index contributed by atoms with van der Waals surface area (Å²) in [4.78, 5) is 16.4. The minimum atomic E-state index is -0.207. The van der Waals surface area contributed by atoms with Gasteiger partial charge < -0.3 is 10.1 Å². The van der Waals surface area contributed by atoms with Crippen LogP contribution < -0.4 is 10.1 Å². The number of pyridine rings is 1. The minimum Gasteiger partial charge on any atom is -0.494 e. The van der Waals surface area contributed by atoms with E-state index in [-0.39, 0.29) is 17.3 Å². The molecule has 0 saturated carbocycles. The summed E-state index contributed by atoms with van der Waals surface area (Å²) in [7, 11) is 1.52. The lowest BCUT2D eigenvalue weighted by atomic mass is 10.1. The van der Waals surface area contributed by atoms with E-state index in [4.69, 9.17) is 16.3 Å². The molecule has 0 fully saturated rings. The summed E-state index contributed by atoms with van der Waals surface area (Å²) < 4.78 is 5.17. The van der Waals surface area contributed by atoms with E-state index in [0.29, 0.717) is 11.3 Å². The topological polar surface area (TPSA) is 51.2 Å². The van der Waals surface area contributed by atoms with Crippen molar-refractivity contribution < 1.29 is 9.53 Å². The largest absolute Gasteiger partial charge is 0.494 e. The van der Waals surface area contributed by atoms with Gasteiger partial charge in [-0.05, 0) is 23.6 Å². The Bertz CT molecular complexity index is 675. The first-order valence-electron chi connectivity index (χ1n) is 6.71. The summed E-state index contributed by atoms with van der Waals surface area (Å²) in [6, 6.07) is 9.45. The van der Waals surface area contributed by atoms with Gasteiger partial charge in [0.1, 0.15) is 5.75 Å². The molecule has 5 heteroatoms. The zero-order valence-corrected chi connectivity index (χ0v) is 12.3. The Balaban J connectivity index is 1.85. The van der Waals surface area contributed by atoms with Crippen LogP contribution >= 0.6 is 11.6 Å². The van der Waals surface area contributed by atoms with Crippen molar-refractivity contribution in [1.82, 2.24) is 10.3 Å². The second-order valence-electron chi connectivity index (χ2n) is 4.95. The molecule has 2 unspecified atom stereocenters. The number of halogens is 1. The zero-order chi connectivity index (χ0) is 14.8. The van der Waals surface area contributed by atoms with E-state index in [1.54, 1.807) is 12.3 Å². The number of benzene rings is 1. The van der Waals surface area contributed by atoms with Gasteiger partial charge in [-0.2, -0.15) is 0 Å². The van der Waals surface area contributed by atoms with Crippen molar-refractivity contribution >= 4 is 17.5 Å². The van der Waals surface area contributed by atoms with Gasteiger partial charge in [0.2, 0.25) is 0 Å². The van der Waals surface area contributed by atoms with Gasteiger partial charge in [-0.25, -0.2) is 0 Å². The molecule has 21 heavy (non-hydrogen) atoms. The van der Waals surface area contributed by atoms with Crippen molar-refractivity contribution in [3.05, 3.63) is 59.4 Å². The number of hydrogen-bond donors (Lipinski definition) is 1. The molecular formula is C16H15ClN2O2. The standard InChI is InChI=1S/C16H15ClN2O2/c1-21-14-9-18-7-6-12(14)16(20)19-15-11-5-3-2-4-10(11)8-13(15)17/h2-7,9,13,15H,8H2,1H3,(H,19,20). The Kier molecular flexibility index (Phi) is 3.80. The highest BCUT2D eigenvalue weighted by atomic mass is 35.5. The fraction of sp³-hybridized carbons (Fsp3) is 0.250. The quantitative estimate of drug-likeness (QED) is 0.887. The lowest BCUT2D eigenvalue weighted by Crippen LogP contribution is -2.32. The van der Waals surface area contributed by atoms with E-state index in [9.17, 15) is 4.79 Å². The van der Waals surface area contributed by atoms with E-state index in [1.165, 1.54) is 18.9 Å². The predicted molar refractivity (Wildman–Crippen MR) is 80.8 cm³/mol. The third kappa shape index (κ3) is 2.59. The maximum atomic E-state index is 12.5. The predicted octanol–water partition coefficient (Wildman–Crippen LogP) is 2.72. The van der Waals surface area contributed by atoms with Crippen LogP contribution in [-0.2, 0) is 6.42 Å². The smallest absolute Gasteiger partial charge is 0.255 e. The fourth-order valence-electron chi connectivity index (χ4n) is 2.66. The summed E-state index contributed by atoms with van der Waals surface area (Å²) in [5.41, 5.74) is 2.73. The Morgan fingerprint density at radius 3 is 3.00 bits per heavy atom. The first-order chi connectivity index (χ1) is 10.2. The summed E-state index contributed by atoms with van der Waals surface area (Å²) in [5.74, 6) is 0.244. The second-order valence-corrected chi connectivity index (χ2v) is 5.51. The van der Waals surface area contributed by atoms with Gasteiger partial charge >= 0.3 is 0 Å². The Morgan fingerprint density at radius 1 is 1.38 bits per heavy atom. The van der Waals surface area contributed by atoms with Crippen LogP contribution in [0.25, 0.3) is 0 Å². The molecule has 0 bridgehead atoms. The molecule has 108 valence electrons. The first kappa shape index (κ1) is 13.9. The molecule has 0 aliphatic heterocycles. The summed E-state index contributed by atoms with van der Waals surface area (Å²) >= 11 is 6.39. The average molecular weight is 303 g/mol. The summed E-state index contributed by atoms with van der Waals surface area (Å²) in [6.07, 6.45) is 3.85. The Morgan fingerprint density at radius 2 is 2.19 bits per heavy atom. The Hall–Kier alpha value is -2.07. The van der Waals surface area contributed by atoms with Crippen molar-refractivity contribution in [1.29, 1.82) is 0 Å². The van der Waals surface area contributed by atoms with Crippen LogP contribution in [0.1, 0.15) is 27.5 Å². The van der Waals surface area contributed by atoms with Crippen LogP contribution in [0, 0.1) is 0 Å². The fourth-order valence-corrected chi connectivity index (χ4v) is 3.03. The van der Waals surface area contributed by atoms with E-state index in [0.717, 1.165) is 12.0 Å². The number of nitrogens with zero attached hydrogens (tertiary/aromatic N) is 1. The van der Waals surface area contributed by atoms with Crippen molar-refractivity contribution in [2.45, 2.75) is 17.8 Å². The van der Waals surface area contributed by atoms with Crippen LogP contribution in [0.15, 0.2) is 42.7 Å². The van der Waals surface area contributed by atoms with Crippen LogP contribution in [0.4, 0.5) is 0 Å². The maximum Gasteiger partial charge on any atom is 0.255 e. The lowest BCUT2D eigenvalue weighted by molar-refractivity contribution is 0.0934. The number of methoxy groups -OCH3 is 1. The SMILES string of the molecule is COc1cnccc1C(=O)NC1c2ccccc2CC1Cl. The minimum absolute atomic E-state index is 0.140. The van der Waals surface area contributed by atoms with Crippen molar-refractivity contribution in [2.24, 2.45) is 0 Å². The second kappa shape index (κ2) is 5.74. The number of ether oxygens (including phenoxy) is 1. The molecule has 4 nitrogen and oxygen atoms in total. The number of amides is 1. The van der Waals surface area contributed by atoms with Gasteiger partial charge in [-0.1, -0.05) is 24.3 Å². The molecule has 1 aromatic carbocycles. The van der Waals surface area contributed by atoms with Crippen molar-refractivity contribution in [2.75, 3.05) is 7.11 Å². The monoisotopic (exact) mass is 302 g/mol. The highest BCUT2D eigenvalue weighted by molar-refractivity contribution is 6.21. The van der Waals surface area contributed by atoms with Gasteiger partial charge in [-0.3, -0.25) is 9.78 Å². The van der Waals surface area contributed by atoms with Gasteiger partial charge in [0.15, 0.2) is 0 Å². The molecule has 0 spiro atoms. The highest BCUT2D eigenvalue weighted by Gasteiger charge is 2.32. The number of carbonyl (C=O) groups is 1. The van der Waals surface area contributed by atoms with Gasteiger partial charge in [0.25, 0.3) is 5.91 Å². The van der Waals surface area contributed by atoms with Crippen LogP contribution in [0.5, 0.6) is 5.75 Å². The maximum absolute atomic E-state index is 12.5. The molecular weight excluding hydrogens is 288 g/mol. The van der Waals surface area contributed by atoms with Crippen molar-refractivity contribution in [3.63, 3.8) is 0 Å². The van der Waals surface area contributed by atoms with Crippen molar-refractivity contribution in [3.8, 4) is 5.75 Å². The summed E-state index contributed by atoms with van der Waals surface area (Å²) in [6.45, 7) is 0. The molecule has 0 radical (unpaired) electrons. The van der Waals surface area contributed by atoms with Gasteiger partial charge in [-0.15, -0.1) is 11.6 Å². The molecule has 1 aliphatic rings. The summed E-state index contributed by atoms with van der Waals surface area (Å²) in [5, 5.41) is 2.86. The third-order valence-corrected chi connectivity index (χ3v) is 4.11. The molecule has 1 amide bonds. The number of nitrogens with one attached hydrogen (secondary N) is 1. The molecule has 0 saturated heterocycles. The van der Waals surface area contributed by atoms with Crippen LogP contribution in [0.3, 0.4) is 0 Å². The van der Waals surface area contributed by atoms with Gasteiger partial charge in [0.05, 0.1) is 30.3 Å². The normalized spacial score (nSPS) is 19.9. The number of hydrogen-bond acceptors (Lipinski definition) is 3. The zero-order valence-electron chi connectivity index (χ0n) is 11.5. The molecule has 1 aliphatic carbocycles. The Labute approximate surface area is 128 Å².